The molecule has 0 saturated heterocycles. The molecule has 0 aliphatic carbocycles. The van der Waals surface area contributed by atoms with Gasteiger partial charge in [0.2, 0.25) is 0 Å². The standard InChI is InChI=1S/C14H17N3O/c1-10(12-6-4-5-7-14(12)18-3)17-11(2)13-8-15-9-16-13/h4-10H,1-3H3,(H,15,16). The summed E-state index contributed by atoms with van der Waals surface area (Å²) in [6.07, 6.45) is 3.50. The van der Waals surface area contributed by atoms with Crippen LogP contribution in [0.4, 0.5) is 0 Å². The first-order chi connectivity index (χ1) is 8.72. The molecule has 2 rings (SSSR count). The van der Waals surface area contributed by atoms with E-state index < -0.39 is 0 Å². The Morgan fingerprint density at radius 3 is 2.83 bits per heavy atom. The Morgan fingerprint density at radius 2 is 2.17 bits per heavy atom. The van der Waals surface area contributed by atoms with E-state index in [1.165, 1.54) is 0 Å². The van der Waals surface area contributed by atoms with Crippen LogP contribution in [-0.4, -0.2) is 22.8 Å². The lowest BCUT2D eigenvalue weighted by Gasteiger charge is -2.12. The minimum Gasteiger partial charge on any atom is -0.496 e. The summed E-state index contributed by atoms with van der Waals surface area (Å²) in [6, 6.07) is 7.97. The molecule has 1 N–H and O–H groups in total. The van der Waals surface area contributed by atoms with E-state index >= 15 is 0 Å². The van der Waals surface area contributed by atoms with Crippen LogP contribution in [0.1, 0.15) is 31.1 Å². The number of ether oxygens (including phenoxy) is 1. The van der Waals surface area contributed by atoms with Crippen LogP contribution < -0.4 is 4.74 Å². The van der Waals surface area contributed by atoms with Crippen molar-refractivity contribution in [1.29, 1.82) is 0 Å². The van der Waals surface area contributed by atoms with Crippen molar-refractivity contribution in [2.24, 2.45) is 4.99 Å². The van der Waals surface area contributed by atoms with Crippen molar-refractivity contribution in [3.63, 3.8) is 0 Å². The smallest absolute Gasteiger partial charge is 0.124 e. The van der Waals surface area contributed by atoms with Crippen molar-refractivity contribution >= 4 is 5.71 Å². The fourth-order valence-electron chi connectivity index (χ4n) is 1.90. The number of nitrogens with zero attached hydrogens (tertiary/aromatic N) is 2. The van der Waals surface area contributed by atoms with Gasteiger partial charge in [0.05, 0.1) is 25.2 Å². The zero-order chi connectivity index (χ0) is 13.0. The summed E-state index contributed by atoms with van der Waals surface area (Å²) in [5.41, 5.74) is 2.86. The third kappa shape index (κ3) is 2.59. The fourth-order valence-corrected chi connectivity index (χ4v) is 1.90. The van der Waals surface area contributed by atoms with Crippen molar-refractivity contribution in [3.05, 3.63) is 48.0 Å². The monoisotopic (exact) mass is 243 g/mol. The van der Waals surface area contributed by atoms with Gasteiger partial charge in [0.1, 0.15) is 11.4 Å². The van der Waals surface area contributed by atoms with Crippen LogP contribution in [0.2, 0.25) is 0 Å². The molecule has 1 heterocycles. The van der Waals surface area contributed by atoms with Gasteiger partial charge in [0.15, 0.2) is 0 Å². The van der Waals surface area contributed by atoms with Gasteiger partial charge in [-0.05, 0) is 19.9 Å². The molecule has 0 fully saturated rings. The second kappa shape index (κ2) is 5.49. The predicted octanol–water partition coefficient (Wildman–Crippen LogP) is 2.99. The molecule has 2 aromatic rings. The maximum absolute atomic E-state index is 5.35. The number of hydrogen-bond acceptors (Lipinski definition) is 3. The maximum atomic E-state index is 5.35. The van der Waals surface area contributed by atoms with Crippen LogP contribution in [0.5, 0.6) is 5.75 Å². The molecule has 0 radical (unpaired) electrons. The summed E-state index contributed by atoms with van der Waals surface area (Å²) >= 11 is 0. The number of rotatable bonds is 4. The molecule has 1 aromatic heterocycles. The van der Waals surface area contributed by atoms with Gasteiger partial charge in [0.25, 0.3) is 0 Å². The third-order valence-electron chi connectivity index (χ3n) is 2.85. The molecule has 1 unspecified atom stereocenters. The normalized spacial score (nSPS) is 13.4. The molecule has 0 aliphatic rings. The van der Waals surface area contributed by atoms with Crippen molar-refractivity contribution in [2.45, 2.75) is 19.9 Å². The van der Waals surface area contributed by atoms with E-state index in [1.807, 2.05) is 44.3 Å². The molecule has 94 valence electrons. The first-order valence-electron chi connectivity index (χ1n) is 5.89. The maximum Gasteiger partial charge on any atom is 0.124 e. The van der Waals surface area contributed by atoms with Crippen LogP contribution in [-0.2, 0) is 0 Å². The Morgan fingerprint density at radius 1 is 1.39 bits per heavy atom. The lowest BCUT2D eigenvalue weighted by Crippen LogP contribution is -2.01. The molecule has 1 atom stereocenters. The summed E-state index contributed by atoms with van der Waals surface area (Å²) in [5.74, 6) is 0.864. The number of aromatic amines is 1. The number of nitrogens with one attached hydrogen (secondary N) is 1. The highest BCUT2D eigenvalue weighted by Crippen LogP contribution is 2.27. The minimum atomic E-state index is 0.0397. The zero-order valence-electron chi connectivity index (χ0n) is 10.8. The predicted molar refractivity (Wildman–Crippen MR) is 72.2 cm³/mol. The summed E-state index contributed by atoms with van der Waals surface area (Å²) in [4.78, 5) is 11.8. The number of H-pyrrole nitrogens is 1. The second-order valence-corrected chi connectivity index (χ2v) is 4.09. The Bertz CT molecular complexity index is 532. The molecule has 18 heavy (non-hydrogen) atoms. The highest BCUT2D eigenvalue weighted by Gasteiger charge is 2.10. The van der Waals surface area contributed by atoms with Gasteiger partial charge in [-0.2, -0.15) is 0 Å². The number of para-hydroxylation sites is 1. The Labute approximate surface area is 107 Å². The van der Waals surface area contributed by atoms with E-state index in [-0.39, 0.29) is 6.04 Å². The summed E-state index contributed by atoms with van der Waals surface area (Å²) in [6.45, 7) is 4.01. The summed E-state index contributed by atoms with van der Waals surface area (Å²) in [5, 5.41) is 0. The second-order valence-electron chi connectivity index (χ2n) is 4.09. The van der Waals surface area contributed by atoms with E-state index in [1.54, 1.807) is 13.4 Å². The summed E-state index contributed by atoms with van der Waals surface area (Å²) in [7, 11) is 1.68. The van der Waals surface area contributed by atoms with E-state index in [2.05, 4.69) is 15.0 Å². The Balaban J connectivity index is 2.26. The quantitative estimate of drug-likeness (QED) is 0.839. The summed E-state index contributed by atoms with van der Waals surface area (Å²) < 4.78 is 5.35. The molecular weight excluding hydrogens is 226 g/mol. The third-order valence-corrected chi connectivity index (χ3v) is 2.85. The SMILES string of the molecule is COc1ccccc1C(C)N=C(C)c1c[nH]cn1. The van der Waals surface area contributed by atoms with Gasteiger partial charge in [-0.25, -0.2) is 4.98 Å². The zero-order valence-corrected chi connectivity index (χ0v) is 10.8. The Kier molecular flexibility index (Phi) is 3.77. The molecule has 0 aliphatic heterocycles. The van der Waals surface area contributed by atoms with E-state index in [0.717, 1.165) is 22.7 Å². The van der Waals surface area contributed by atoms with Crippen LogP contribution in [0, 0.1) is 0 Å². The van der Waals surface area contributed by atoms with Crippen LogP contribution in [0.3, 0.4) is 0 Å². The van der Waals surface area contributed by atoms with Gasteiger partial charge in [-0.3, -0.25) is 4.99 Å². The molecule has 0 bridgehead atoms. The van der Waals surface area contributed by atoms with Crippen molar-refractivity contribution < 1.29 is 4.74 Å². The highest BCUT2D eigenvalue weighted by molar-refractivity contribution is 5.96. The lowest BCUT2D eigenvalue weighted by atomic mass is 10.1. The number of benzene rings is 1. The van der Waals surface area contributed by atoms with Crippen LogP contribution >= 0.6 is 0 Å². The van der Waals surface area contributed by atoms with Crippen molar-refractivity contribution in [1.82, 2.24) is 9.97 Å². The first-order valence-corrected chi connectivity index (χ1v) is 5.89. The van der Waals surface area contributed by atoms with Crippen molar-refractivity contribution in [2.75, 3.05) is 7.11 Å². The molecular formula is C14H17N3O. The first kappa shape index (κ1) is 12.4. The van der Waals surface area contributed by atoms with Crippen LogP contribution in [0.15, 0.2) is 41.8 Å². The largest absolute Gasteiger partial charge is 0.496 e. The molecule has 1 aromatic carbocycles. The van der Waals surface area contributed by atoms with Gasteiger partial charge in [-0.15, -0.1) is 0 Å². The highest BCUT2D eigenvalue weighted by atomic mass is 16.5. The topological polar surface area (TPSA) is 50.3 Å². The van der Waals surface area contributed by atoms with Gasteiger partial charge in [0, 0.05) is 11.8 Å². The molecule has 0 saturated carbocycles. The van der Waals surface area contributed by atoms with Gasteiger partial charge >= 0.3 is 0 Å². The van der Waals surface area contributed by atoms with Crippen LogP contribution in [0.25, 0.3) is 0 Å². The molecule has 0 amide bonds. The minimum absolute atomic E-state index is 0.0397. The fraction of sp³-hybridized carbons (Fsp3) is 0.286. The van der Waals surface area contributed by atoms with E-state index in [9.17, 15) is 0 Å². The number of aliphatic imine (C=N–C) groups is 1. The molecule has 0 spiro atoms. The lowest BCUT2D eigenvalue weighted by molar-refractivity contribution is 0.407. The van der Waals surface area contributed by atoms with Gasteiger partial charge in [-0.1, -0.05) is 18.2 Å². The number of imidazole rings is 1. The molecule has 4 heteroatoms. The average molecular weight is 243 g/mol. The average Bonchev–Trinajstić information content (AvgIpc) is 2.92. The van der Waals surface area contributed by atoms with E-state index in [4.69, 9.17) is 4.74 Å². The number of methoxy groups -OCH3 is 1. The van der Waals surface area contributed by atoms with E-state index in [0.29, 0.717) is 0 Å². The Hall–Kier alpha value is -2.10. The van der Waals surface area contributed by atoms with Crippen molar-refractivity contribution in [3.8, 4) is 5.75 Å². The number of aromatic nitrogens is 2. The number of hydrogen-bond donors (Lipinski definition) is 1. The molecule has 4 nitrogen and oxygen atoms in total. The van der Waals surface area contributed by atoms with Gasteiger partial charge < -0.3 is 9.72 Å².